The van der Waals surface area contributed by atoms with Gasteiger partial charge in [0.15, 0.2) is 5.82 Å². The fourth-order valence-electron chi connectivity index (χ4n) is 4.77. The number of aromatic nitrogens is 6. The third-order valence-electron chi connectivity index (χ3n) is 6.67. The first-order valence-electron chi connectivity index (χ1n) is 12.5. The molecule has 7 rings (SSSR count). The number of aromatic amines is 2. The number of benzene rings is 2. The second-order valence-corrected chi connectivity index (χ2v) is 10.1. The number of hydrogen-bond acceptors (Lipinski definition) is 6. The number of rotatable bonds is 7. The molecular formula is C30H22FN7S. The highest BCUT2D eigenvalue weighted by atomic mass is 32.1. The van der Waals surface area contributed by atoms with Gasteiger partial charge in [0, 0.05) is 53.6 Å². The van der Waals surface area contributed by atoms with Crippen LogP contribution in [0.15, 0.2) is 90.0 Å². The van der Waals surface area contributed by atoms with Gasteiger partial charge in [0.25, 0.3) is 0 Å². The molecule has 5 aromatic heterocycles. The highest BCUT2D eigenvalue weighted by Crippen LogP contribution is 2.34. The topological polar surface area (TPSA) is 95.2 Å². The van der Waals surface area contributed by atoms with Crippen LogP contribution in [0.5, 0.6) is 0 Å². The van der Waals surface area contributed by atoms with E-state index in [4.69, 9.17) is 4.98 Å². The molecule has 7 aromatic rings. The Kier molecular flexibility index (Phi) is 5.92. The summed E-state index contributed by atoms with van der Waals surface area (Å²) in [7, 11) is 0. The minimum atomic E-state index is -0.384. The number of nitrogens with zero attached hydrogens (tertiary/aromatic N) is 4. The Hall–Kier alpha value is -4.73. The van der Waals surface area contributed by atoms with E-state index in [9.17, 15) is 0 Å². The van der Waals surface area contributed by atoms with Crippen LogP contribution in [0.2, 0.25) is 0 Å². The molecule has 2 aromatic carbocycles. The maximum absolute atomic E-state index is 15.3. The molecule has 0 fully saturated rings. The Morgan fingerprint density at radius 2 is 1.77 bits per heavy atom. The molecule has 39 heavy (non-hydrogen) atoms. The molecule has 0 unspecified atom stereocenters. The first kappa shape index (κ1) is 23.4. The van der Waals surface area contributed by atoms with Crippen molar-refractivity contribution in [3.63, 3.8) is 0 Å². The average Bonchev–Trinajstić information content (AvgIpc) is 3.73. The summed E-state index contributed by atoms with van der Waals surface area (Å²) >= 11 is 1.61. The predicted octanol–water partition coefficient (Wildman–Crippen LogP) is 6.72. The number of halogens is 1. The molecule has 9 heteroatoms. The largest absolute Gasteiger partial charge is 0.336 e. The van der Waals surface area contributed by atoms with E-state index in [0.29, 0.717) is 29.0 Å². The monoisotopic (exact) mass is 531 g/mol. The zero-order chi connectivity index (χ0) is 26.2. The lowest BCUT2D eigenvalue weighted by atomic mass is 10.0. The second kappa shape index (κ2) is 9.86. The number of H-pyrrole nitrogens is 2. The first-order valence-corrected chi connectivity index (χ1v) is 13.4. The van der Waals surface area contributed by atoms with Crippen molar-refractivity contribution in [2.75, 3.05) is 0 Å². The van der Waals surface area contributed by atoms with E-state index in [2.05, 4.69) is 42.6 Å². The molecule has 0 saturated heterocycles. The van der Waals surface area contributed by atoms with E-state index >= 15 is 4.39 Å². The Bertz CT molecular complexity index is 1910. The Morgan fingerprint density at radius 1 is 0.872 bits per heavy atom. The van der Waals surface area contributed by atoms with Gasteiger partial charge in [0.05, 0.1) is 11.2 Å². The van der Waals surface area contributed by atoms with Gasteiger partial charge in [-0.2, -0.15) is 16.4 Å². The van der Waals surface area contributed by atoms with Crippen LogP contribution in [-0.4, -0.2) is 30.1 Å². The van der Waals surface area contributed by atoms with Crippen LogP contribution in [0, 0.1) is 5.82 Å². The first-order chi connectivity index (χ1) is 19.2. The fraction of sp³-hybridized carbons (Fsp3) is 0.0667. The average molecular weight is 532 g/mol. The van der Waals surface area contributed by atoms with Gasteiger partial charge >= 0.3 is 0 Å². The fourth-order valence-corrected chi connectivity index (χ4v) is 5.41. The third-order valence-corrected chi connectivity index (χ3v) is 7.36. The molecular weight excluding hydrogens is 509 g/mol. The van der Waals surface area contributed by atoms with Crippen LogP contribution >= 0.6 is 11.3 Å². The number of nitrogens with one attached hydrogen (secondary N) is 3. The van der Waals surface area contributed by atoms with E-state index < -0.39 is 0 Å². The van der Waals surface area contributed by atoms with Crippen molar-refractivity contribution >= 4 is 33.3 Å². The molecule has 0 atom stereocenters. The maximum Gasteiger partial charge on any atom is 0.159 e. The Morgan fingerprint density at radius 3 is 2.64 bits per heavy atom. The predicted molar refractivity (Wildman–Crippen MR) is 152 cm³/mol. The molecule has 0 aliphatic rings. The molecule has 3 N–H and O–H groups in total. The van der Waals surface area contributed by atoms with Crippen LogP contribution in [-0.2, 0) is 13.1 Å². The van der Waals surface area contributed by atoms with Crippen molar-refractivity contribution in [3.8, 4) is 33.9 Å². The zero-order valence-electron chi connectivity index (χ0n) is 20.6. The SMILES string of the molecule is Fc1cc(-c2cncc(CNCc3ccccc3)c2)cc2c(-c3nc4c(-c5ccsc5)nccc4[nH]3)n[nH]c12. The van der Waals surface area contributed by atoms with Gasteiger partial charge < -0.3 is 10.3 Å². The van der Waals surface area contributed by atoms with Crippen LogP contribution in [0.25, 0.3) is 55.8 Å². The molecule has 0 spiro atoms. The van der Waals surface area contributed by atoms with Gasteiger partial charge in [0.2, 0.25) is 0 Å². The van der Waals surface area contributed by atoms with Crippen molar-refractivity contribution in [2.24, 2.45) is 0 Å². The normalized spacial score (nSPS) is 11.5. The highest BCUT2D eigenvalue weighted by molar-refractivity contribution is 7.08. The quantitative estimate of drug-likeness (QED) is 0.212. The summed E-state index contributed by atoms with van der Waals surface area (Å²) in [6.45, 7) is 1.40. The molecule has 5 heterocycles. The van der Waals surface area contributed by atoms with E-state index in [-0.39, 0.29) is 5.82 Å². The highest BCUT2D eigenvalue weighted by Gasteiger charge is 2.18. The van der Waals surface area contributed by atoms with Gasteiger partial charge in [-0.1, -0.05) is 30.3 Å². The summed E-state index contributed by atoms with van der Waals surface area (Å²) in [5, 5.41) is 15.4. The Labute approximate surface area is 226 Å². The van der Waals surface area contributed by atoms with E-state index in [1.54, 1.807) is 23.7 Å². The van der Waals surface area contributed by atoms with Crippen molar-refractivity contribution in [1.29, 1.82) is 0 Å². The molecule has 0 aliphatic carbocycles. The molecule has 0 bridgehead atoms. The standard InChI is InChI=1S/C30H22FN7S/c31-24-12-21(22-10-19(15-33-16-22)14-32-13-18-4-2-1-3-5-18)11-23-27(24)37-38-28(23)30-35-25-6-8-34-26(29(25)36-30)20-7-9-39-17-20/h1-12,15-17,32H,13-14H2,(H,35,36)(H,37,38). The van der Waals surface area contributed by atoms with Gasteiger partial charge in [-0.3, -0.25) is 15.1 Å². The number of imidazole rings is 1. The van der Waals surface area contributed by atoms with Gasteiger partial charge in [-0.15, -0.1) is 0 Å². The summed E-state index contributed by atoms with van der Waals surface area (Å²) < 4.78 is 15.3. The summed E-state index contributed by atoms with van der Waals surface area (Å²) in [6, 6.07) is 19.6. The molecule has 0 aliphatic heterocycles. The molecule has 190 valence electrons. The lowest BCUT2D eigenvalue weighted by molar-refractivity contribution is 0.636. The summed E-state index contributed by atoms with van der Waals surface area (Å²) in [5.74, 6) is 0.167. The van der Waals surface area contributed by atoms with Crippen molar-refractivity contribution < 1.29 is 4.39 Å². The summed E-state index contributed by atoms with van der Waals surface area (Å²) in [5.41, 5.74) is 8.06. The van der Waals surface area contributed by atoms with Crippen LogP contribution in [0.4, 0.5) is 4.39 Å². The summed E-state index contributed by atoms with van der Waals surface area (Å²) in [6.07, 6.45) is 5.33. The van der Waals surface area contributed by atoms with E-state index in [0.717, 1.165) is 45.5 Å². The third kappa shape index (κ3) is 4.47. The minimum Gasteiger partial charge on any atom is -0.336 e. The van der Waals surface area contributed by atoms with Crippen molar-refractivity contribution in [1.82, 2.24) is 35.5 Å². The number of thiophene rings is 1. The smallest absolute Gasteiger partial charge is 0.159 e. The van der Waals surface area contributed by atoms with Crippen LogP contribution < -0.4 is 5.32 Å². The number of pyridine rings is 2. The molecule has 0 amide bonds. The van der Waals surface area contributed by atoms with Crippen molar-refractivity contribution in [2.45, 2.75) is 13.1 Å². The number of fused-ring (bicyclic) bond motifs is 2. The number of hydrogen-bond donors (Lipinski definition) is 3. The van der Waals surface area contributed by atoms with Crippen molar-refractivity contribution in [3.05, 3.63) is 107 Å². The lowest BCUT2D eigenvalue weighted by Crippen LogP contribution is -2.12. The maximum atomic E-state index is 15.3. The minimum absolute atomic E-state index is 0.332. The summed E-state index contributed by atoms with van der Waals surface area (Å²) in [4.78, 5) is 17.1. The zero-order valence-corrected chi connectivity index (χ0v) is 21.5. The lowest BCUT2D eigenvalue weighted by Gasteiger charge is -2.08. The van der Waals surface area contributed by atoms with Crippen LogP contribution in [0.3, 0.4) is 0 Å². The second-order valence-electron chi connectivity index (χ2n) is 9.28. The van der Waals surface area contributed by atoms with E-state index in [1.165, 1.54) is 11.6 Å². The van der Waals surface area contributed by atoms with Gasteiger partial charge in [0.1, 0.15) is 22.5 Å². The van der Waals surface area contributed by atoms with E-state index in [1.807, 2.05) is 59.4 Å². The van der Waals surface area contributed by atoms with Gasteiger partial charge in [-0.25, -0.2) is 9.37 Å². The van der Waals surface area contributed by atoms with Crippen LogP contribution in [0.1, 0.15) is 11.1 Å². The molecule has 7 nitrogen and oxygen atoms in total. The van der Waals surface area contributed by atoms with Gasteiger partial charge in [-0.05, 0) is 52.4 Å². The Balaban J connectivity index is 1.23. The molecule has 0 radical (unpaired) electrons. The molecule has 0 saturated carbocycles.